The van der Waals surface area contributed by atoms with E-state index in [1.807, 2.05) is 0 Å². The molecule has 3 nitrogen and oxygen atoms in total. The summed E-state index contributed by atoms with van der Waals surface area (Å²) in [5.41, 5.74) is 0.362. The number of hydrogen-bond acceptors (Lipinski definition) is 3. The molecule has 0 atom stereocenters. The Labute approximate surface area is 63.3 Å². The van der Waals surface area contributed by atoms with Crippen LogP contribution in [0.4, 0.5) is 0 Å². The highest BCUT2D eigenvalue weighted by atomic mass is 16.3. The lowest BCUT2D eigenvalue weighted by Crippen LogP contribution is -1.96. The Morgan fingerprint density at radius 3 is 2.45 bits per heavy atom. The lowest BCUT2D eigenvalue weighted by Gasteiger charge is -2.07. The summed E-state index contributed by atoms with van der Waals surface area (Å²) in [5, 5.41) is 10.8. The summed E-state index contributed by atoms with van der Waals surface area (Å²) in [6, 6.07) is 3.85. The van der Waals surface area contributed by atoms with Crippen molar-refractivity contribution in [2.24, 2.45) is 0 Å². The van der Waals surface area contributed by atoms with Crippen LogP contribution in [-0.2, 0) is 0 Å². The molecule has 0 bridgehead atoms. The summed E-state index contributed by atoms with van der Waals surface area (Å²) in [7, 11) is 0. The van der Waals surface area contributed by atoms with E-state index in [0.717, 1.165) is 0 Å². The van der Waals surface area contributed by atoms with Crippen molar-refractivity contribution in [3.63, 3.8) is 0 Å². The van der Waals surface area contributed by atoms with Crippen LogP contribution in [0.25, 0.3) is 0 Å². The molecule has 0 N–H and O–H groups in total. The maximum atomic E-state index is 10.8. The zero-order chi connectivity index (χ0) is 8.27. The van der Waals surface area contributed by atoms with Gasteiger partial charge in [0.15, 0.2) is 0 Å². The van der Waals surface area contributed by atoms with Crippen molar-refractivity contribution in [3.8, 4) is 5.75 Å². The van der Waals surface area contributed by atoms with E-state index in [1.165, 1.54) is 18.2 Å². The molecular formula is C8H5O3-. The van der Waals surface area contributed by atoms with Gasteiger partial charge in [0.25, 0.3) is 0 Å². The summed E-state index contributed by atoms with van der Waals surface area (Å²) >= 11 is 0. The Morgan fingerprint density at radius 1 is 1.18 bits per heavy atom. The monoisotopic (exact) mass is 149 g/mol. The van der Waals surface area contributed by atoms with Crippen LogP contribution in [0.5, 0.6) is 5.75 Å². The van der Waals surface area contributed by atoms with Crippen molar-refractivity contribution in [1.29, 1.82) is 0 Å². The average molecular weight is 149 g/mol. The first-order chi connectivity index (χ1) is 5.27. The van der Waals surface area contributed by atoms with Gasteiger partial charge in [-0.15, -0.1) is 0 Å². The molecule has 0 unspecified atom stereocenters. The summed E-state index contributed by atoms with van der Waals surface area (Å²) in [4.78, 5) is 20.3. The fourth-order valence-electron chi connectivity index (χ4n) is 0.732. The van der Waals surface area contributed by atoms with Crippen LogP contribution in [0.1, 0.15) is 20.7 Å². The second-order valence-corrected chi connectivity index (χ2v) is 2.03. The van der Waals surface area contributed by atoms with Crippen LogP contribution in [0.2, 0.25) is 0 Å². The van der Waals surface area contributed by atoms with Gasteiger partial charge >= 0.3 is 0 Å². The number of rotatable bonds is 2. The quantitative estimate of drug-likeness (QED) is 0.571. The third-order valence-electron chi connectivity index (χ3n) is 1.30. The first-order valence-electron chi connectivity index (χ1n) is 2.99. The van der Waals surface area contributed by atoms with Crippen molar-refractivity contribution in [3.05, 3.63) is 29.3 Å². The van der Waals surface area contributed by atoms with E-state index < -0.39 is 0 Å². The summed E-state index contributed by atoms with van der Waals surface area (Å²) < 4.78 is 0. The van der Waals surface area contributed by atoms with Crippen molar-refractivity contribution in [2.45, 2.75) is 0 Å². The Morgan fingerprint density at radius 2 is 1.91 bits per heavy atom. The van der Waals surface area contributed by atoms with Gasteiger partial charge in [-0.3, -0.25) is 9.59 Å². The summed E-state index contributed by atoms with van der Waals surface area (Å²) in [5.74, 6) is -0.356. The Hall–Kier alpha value is -1.64. The standard InChI is InChI=1S/C8H6O3/c9-4-6-1-2-8(11)7(3-6)5-10/h1-5,11H/p-1. The molecule has 0 saturated heterocycles. The molecular weight excluding hydrogens is 144 g/mol. The number of aldehydes is 2. The zero-order valence-corrected chi connectivity index (χ0v) is 5.61. The number of carbonyl (C=O) groups excluding carboxylic acids is 2. The molecule has 0 spiro atoms. The summed E-state index contributed by atoms with van der Waals surface area (Å²) in [6.07, 6.45) is 1.03. The highest BCUT2D eigenvalue weighted by Crippen LogP contribution is 2.11. The Bertz CT molecular complexity index is 291. The molecule has 1 aromatic rings. The predicted octanol–water partition coefficient (Wildman–Crippen LogP) is 0.385. The van der Waals surface area contributed by atoms with Gasteiger partial charge in [-0.1, -0.05) is 17.9 Å². The molecule has 0 fully saturated rings. The molecule has 0 heterocycles. The number of carbonyl (C=O) groups is 2. The second-order valence-electron chi connectivity index (χ2n) is 2.03. The van der Waals surface area contributed by atoms with Gasteiger partial charge in [-0.05, 0) is 6.07 Å². The van der Waals surface area contributed by atoms with Crippen LogP contribution >= 0.6 is 0 Å². The highest BCUT2D eigenvalue weighted by Gasteiger charge is 1.93. The van der Waals surface area contributed by atoms with Crippen LogP contribution < -0.4 is 5.11 Å². The first-order valence-corrected chi connectivity index (χ1v) is 2.99. The van der Waals surface area contributed by atoms with E-state index in [2.05, 4.69) is 0 Å². The molecule has 0 aromatic heterocycles. The minimum absolute atomic E-state index is 0.0228. The minimum Gasteiger partial charge on any atom is -0.872 e. The predicted molar refractivity (Wildman–Crippen MR) is 36.7 cm³/mol. The smallest absolute Gasteiger partial charge is 0.150 e. The maximum absolute atomic E-state index is 10.8. The fraction of sp³-hybridized carbons (Fsp3) is 0. The summed E-state index contributed by atoms with van der Waals surface area (Å²) in [6.45, 7) is 0. The Kier molecular flexibility index (Phi) is 2.01. The van der Waals surface area contributed by atoms with E-state index in [-0.39, 0.29) is 11.3 Å². The lowest BCUT2D eigenvalue weighted by molar-refractivity contribution is -0.268. The van der Waals surface area contributed by atoms with Crippen molar-refractivity contribution >= 4 is 12.6 Å². The van der Waals surface area contributed by atoms with Gasteiger partial charge in [0, 0.05) is 11.1 Å². The molecule has 0 aliphatic rings. The third kappa shape index (κ3) is 1.43. The highest BCUT2D eigenvalue weighted by molar-refractivity contribution is 5.84. The number of benzene rings is 1. The van der Waals surface area contributed by atoms with E-state index in [4.69, 9.17) is 0 Å². The van der Waals surface area contributed by atoms with E-state index in [9.17, 15) is 14.7 Å². The molecule has 0 amide bonds. The molecule has 56 valence electrons. The normalized spacial score (nSPS) is 9.09. The SMILES string of the molecule is O=Cc1ccc([O-])c(C=O)c1. The second kappa shape index (κ2) is 2.96. The van der Waals surface area contributed by atoms with Crippen LogP contribution in [0.15, 0.2) is 18.2 Å². The van der Waals surface area contributed by atoms with Crippen molar-refractivity contribution in [2.75, 3.05) is 0 Å². The maximum Gasteiger partial charge on any atom is 0.150 e. The third-order valence-corrected chi connectivity index (χ3v) is 1.30. The molecule has 1 rings (SSSR count). The molecule has 1 aromatic carbocycles. The average Bonchev–Trinajstić information content (AvgIpc) is 2.05. The van der Waals surface area contributed by atoms with Gasteiger partial charge in [0.2, 0.25) is 0 Å². The molecule has 0 radical (unpaired) electrons. The zero-order valence-electron chi connectivity index (χ0n) is 5.61. The number of hydrogen-bond donors (Lipinski definition) is 0. The van der Waals surface area contributed by atoms with E-state index >= 15 is 0 Å². The topological polar surface area (TPSA) is 57.2 Å². The van der Waals surface area contributed by atoms with Gasteiger partial charge in [0.1, 0.15) is 12.6 Å². The molecule has 11 heavy (non-hydrogen) atoms. The van der Waals surface area contributed by atoms with Crippen molar-refractivity contribution in [1.82, 2.24) is 0 Å². The van der Waals surface area contributed by atoms with E-state index in [1.54, 1.807) is 0 Å². The van der Waals surface area contributed by atoms with Crippen molar-refractivity contribution < 1.29 is 14.7 Å². The van der Waals surface area contributed by atoms with Gasteiger partial charge < -0.3 is 5.11 Å². The largest absolute Gasteiger partial charge is 0.872 e. The lowest BCUT2D eigenvalue weighted by atomic mass is 10.1. The Balaban J connectivity index is 3.22. The van der Waals surface area contributed by atoms with Crippen LogP contribution in [0.3, 0.4) is 0 Å². The van der Waals surface area contributed by atoms with Gasteiger partial charge in [-0.2, -0.15) is 0 Å². The first kappa shape index (κ1) is 7.47. The fourth-order valence-corrected chi connectivity index (χ4v) is 0.732. The van der Waals surface area contributed by atoms with Gasteiger partial charge in [-0.25, -0.2) is 0 Å². The van der Waals surface area contributed by atoms with Gasteiger partial charge in [0.05, 0.1) is 0 Å². The molecule has 0 aliphatic carbocycles. The molecule has 0 aliphatic heterocycles. The van der Waals surface area contributed by atoms with E-state index in [0.29, 0.717) is 18.1 Å². The molecule has 3 heteroatoms. The van der Waals surface area contributed by atoms with Crippen LogP contribution in [0, 0.1) is 0 Å². The minimum atomic E-state index is -0.356. The van der Waals surface area contributed by atoms with Crippen LogP contribution in [-0.4, -0.2) is 12.6 Å². The molecule has 0 saturated carbocycles.